The molecule has 0 saturated carbocycles. The second-order valence-corrected chi connectivity index (χ2v) is 11.6. The topological polar surface area (TPSA) is 148 Å². The number of likely N-dealkylation sites (tertiary alicyclic amines) is 2. The number of hydrogen-bond donors (Lipinski definition) is 3. The lowest BCUT2D eigenvalue weighted by atomic mass is 9.86. The average molecular weight is 716 g/mol. The Morgan fingerprint density at radius 1 is 0.939 bits per heavy atom. The number of piperidine rings is 1. The van der Waals surface area contributed by atoms with Crippen molar-refractivity contribution in [2.75, 3.05) is 19.6 Å². The van der Waals surface area contributed by atoms with Gasteiger partial charge in [0.05, 0.1) is 18.1 Å². The van der Waals surface area contributed by atoms with E-state index in [1.165, 1.54) is 17.6 Å². The van der Waals surface area contributed by atoms with Crippen molar-refractivity contribution in [1.29, 1.82) is 0 Å². The van der Waals surface area contributed by atoms with Crippen molar-refractivity contribution < 1.29 is 78.1 Å². The molecule has 0 aromatic heterocycles. The number of nitrogens with one attached hydrogen (secondary N) is 1. The van der Waals surface area contributed by atoms with Gasteiger partial charge in [-0.25, -0.2) is 15.1 Å². The highest BCUT2D eigenvalue weighted by Gasteiger charge is 2.55. The van der Waals surface area contributed by atoms with Crippen LogP contribution in [0.2, 0.25) is 0 Å². The molecule has 2 aliphatic rings. The molecule has 49 heavy (non-hydrogen) atoms. The maximum absolute atomic E-state index is 13.7. The molecule has 4 N–H and O–H groups in total. The molecule has 2 saturated heterocycles. The number of benzene rings is 2. The summed E-state index contributed by atoms with van der Waals surface area (Å²) in [6.07, 6.45) is -16.1. The molecule has 2 aliphatic heterocycles. The van der Waals surface area contributed by atoms with E-state index >= 15 is 0 Å². The minimum absolute atomic E-state index is 0.0648. The normalized spacial score (nSPS) is 24.0. The summed E-state index contributed by atoms with van der Waals surface area (Å²) in [4.78, 5) is 55.9. The SMILES string of the molecule is CC(=O)[N+]1(OC(=O)C(F)(F)F)CCC(C(C(=O)NO)N2CCC(N)(c3ccc(Oc4cc(C(F)(F)F)cc(C(F)(F)F)c4)cc3)C2=O)CC1. The molecule has 2 aromatic carbocycles. The van der Waals surface area contributed by atoms with Crippen LogP contribution in [0.4, 0.5) is 39.5 Å². The number of quaternary nitrogens is 1. The molecule has 2 heterocycles. The van der Waals surface area contributed by atoms with Crippen LogP contribution in [0.25, 0.3) is 0 Å². The number of rotatable bonds is 6. The van der Waals surface area contributed by atoms with Crippen molar-refractivity contribution in [1.82, 2.24) is 10.4 Å². The maximum Gasteiger partial charge on any atom is 0.497 e. The van der Waals surface area contributed by atoms with E-state index in [4.69, 9.17) is 10.5 Å². The van der Waals surface area contributed by atoms with Crippen molar-refractivity contribution >= 4 is 23.7 Å². The van der Waals surface area contributed by atoms with Crippen LogP contribution in [0.15, 0.2) is 42.5 Å². The highest BCUT2D eigenvalue weighted by atomic mass is 19.4. The standard InChI is InChI=1S/C29H27F9N4O7/c1-15(43)42(49-25(46)29(36,37)38)10-6-16(7-11-42)22(23(44)40-47)41-9-8-26(39,24(41)45)17-2-4-20(5-3-17)48-21-13-18(27(30,31)32)12-19(14-21)28(33,34)35/h2-5,12-14,16,22H,6-11,39H2,1H3,(H-,40,44,47)/p+1. The Hall–Kier alpha value is -4.43. The first kappa shape index (κ1) is 37.4. The van der Waals surface area contributed by atoms with Gasteiger partial charge >= 0.3 is 30.4 Å². The number of amides is 3. The number of hydrogen-bond acceptors (Lipinski definition) is 8. The lowest BCUT2D eigenvalue weighted by Crippen LogP contribution is -2.62. The number of nitrogens with two attached hydrogens (primary N) is 1. The largest absolute Gasteiger partial charge is 0.497 e. The second kappa shape index (κ2) is 13.1. The third-order valence-electron chi connectivity index (χ3n) is 8.50. The Morgan fingerprint density at radius 2 is 1.47 bits per heavy atom. The van der Waals surface area contributed by atoms with Gasteiger partial charge in [0.1, 0.15) is 36.2 Å². The van der Waals surface area contributed by atoms with Gasteiger partial charge in [0.25, 0.3) is 5.91 Å². The summed E-state index contributed by atoms with van der Waals surface area (Å²) < 4.78 is 122. The quantitative estimate of drug-likeness (QED) is 0.171. The van der Waals surface area contributed by atoms with Gasteiger partial charge in [0.2, 0.25) is 5.91 Å². The molecule has 0 spiro atoms. The average Bonchev–Trinajstić information content (AvgIpc) is 3.31. The van der Waals surface area contributed by atoms with Gasteiger partial charge in [0.15, 0.2) is 0 Å². The summed E-state index contributed by atoms with van der Waals surface area (Å²) >= 11 is 0. The lowest BCUT2D eigenvalue weighted by molar-refractivity contribution is -1.03. The van der Waals surface area contributed by atoms with Crippen LogP contribution >= 0.6 is 0 Å². The van der Waals surface area contributed by atoms with Crippen molar-refractivity contribution in [2.24, 2.45) is 11.7 Å². The third kappa shape index (κ3) is 7.75. The fourth-order valence-electron chi connectivity index (χ4n) is 5.91. The molecule has 0 radical (unpaired) electrons. The first-order chi connectivity index (χ1) is 22.5. The minimum Gasteiger partial charge on any atom is -0.457 e. The Bertz CT molecular complexity index is 1570. The van der Waals surface area contributed by atoms with Crippen molar-refractivity contribution in [3.63, 3.8) is 0 Å². The van der Waals surface area contributed by atoms with Gasteiger partial charge in [-0.15, -0.1) is 0 Å². The molecule has 11 nitrogen and oxygen atoms in total. The Morgan fingerprint density at radius 3 is 1.92 bits per heavy atom. The summed E-state index contributed by atoms with van der Waals surface area (Å²) in [6.45, 7) is -0.206. The molecule has 2 unspecified atom stereocenters. The molecule has 2 atom stereocenters. The molecular weight excluding hydrogens is 687 g/mol. The van der Waals surface area contributed by atoms with E-state index < -0.39 is 94.3 Å². The van der Waals surface area contributed by atoms with Crippen molar-refractivity contribution in [3.05, 3.63) is 59.2 Å². The number of carbonyl (C=O) groups is 4. The first-order valence-electron chi connectivity index (χ1n) is 14.3. The predicted molar refractivity (Wildman–Crippen MR) is 144 cm³/mol. The van der Waals surface area contributed by atoms with Gasteiger partial charge in [-0.2, -0.15) is 39.5 Å². The van der Waals surface area contributed by atoms with E-state index in [0.29, 0.717) is 12.1 Å². The van der Waals surface area contributed by atoms with Crippen LogP contribution < -0.4 is 16.0 Å². The number of nitrogens with zero attached hydrogens (tertiary/aromatic N) is 2. The van der Waals surface area contributed by atoms with E-state index in [0.717, 1.165) is 24.0 Å². The molecule has 2 aromatic rings. The summed E-state index contributed by atoms with van der Waals surface area (Å²) in [5.74, 6) is -7.24. The fourth-order valence-corrected chi connectivity index (χ4v) is 5.91. The maximum atomic E-state index is 13.7. The predicted octanol–water partition coefficient (Wildman–Crippen LogP) is 4.57. The summed E-state index contributed by atoms with van der Waals surface area (Å²) in [5.41, 5.74) is 3.00. The zero-order chi connectivity index (χ0) is 36.7. The monoisotopic (exact) mass is 715 g/mol. The minimum atomic E-state index is -5.39. The Balaban J connectivity index is 1.53. The molecule has 0 bridgehead atoms. The number of halogens is 9. The smallest absolute Gasteiger partial charge is 0.457 e. The van der Waals surface area contributed by atoms with Crippen molar-refractivity contribution in [2.45, 2.75) is 56.3 Å². The Labute approximate surface area is 270 Å². The van der Waals surface area contributed by atoms with Crippen LogP contribution in [0.3, 0.4) is 0 Å². The van der Waals surface area contributed by atoms with E-state index in [9.17, 15) is 63.9 Å². The zero-order valence-electron chi connectivity index (χ0n) is 25.2. The van der Waals surface area contributed by atoms with Crippen LogP contribution in [-0.2, 0) is 41.9 Å². The second-order valence-electron chi connectivity index (χ2n) is 11.6. The summed E-state index contributed by atoms with van der Waals surface area (Å²) in [6, 6.07) is 4.04. The molecule has 20 heteroatoms. The Kier molecular flexibility index (Phi) is 10.0. The lowest BCUT2D eigenvalue weighted by Gasteiger charge is -2.41. The van der Waals surface area contributed by atoms with Gasteiger partial charge in [-0.05, 0) is 48.2 Å². The molecular formula is C29H28F9N4O7+. The van der Waals surface area contributed by atoms with Gasteiger partial charge in [-0.1, -0.05) is 16.8 Å². The summed E-state index contributed by atoms with van der Waals surface area (Å²) in [7, 11) is 0. The molecule has 268 valence electrons. The van der Waals surface area contributed by atoms with Crippen molar-refractivity contribution in [3.8, 4) is 11.5 Å². The van der Waals surface area contributed by atoms with Crippen LogP contribution in [0, 0.1) is 5.92 Å². The number of hydroxylamine groups is 4. The van der Waals surface area contributed by atoms with Crippen LogP contribution in [0.5, 0.6) is 11.5 Å². The third-order valence-corrected chi connectivity index (χ3v) is 8.50. The number of carbonyl (C=O) groups excluding carboxylic acids is 4. The van der Waals surface area contributed by atoms with Crippen LogP contribution in [0.1, 0.15) is 42.9 Å². The molecule has 0 aliphatic carbocycles. The van der Waals surface area contributed by atoms with E-state index in [2.05, 4.69) is 4.84 Å². The highest BCUT2D eigenvalue weighted by molar-refractivity contribution is 5.94. The van der Waals surface area contributed by atoms with E-state index in [1.807, 2.05) is 0 Å². The zero-order valence-corrected chi connectivity index (χ0v) is 25.2. The van der Waals surface area contributed by atoms with Gasteiger partial charge < -0.3 is 15.4 Å². The summed E-state index contributed by atoms with van der Waals surface area (Å²) in [5, 5.41) is 9.44. The van der Waals surface area contributed by atoms with Crippen LogP contribution in [-0.4, -0.2) is 70.3 Å². The number of alkyl halides is 9. The molecule has 3 amide bonds. The molecule has 2 fully saturated rings. The van der Waals surface area contributed by atoms with Gasteiger partial charge in [0, 0.05) is 19.4 Å². The highest BCUT2D eigenvalue weighted by Crippen LogP contribution is 2.41. The number of ether oxygens (including phenoxy) is 1. The molecule has 4 rings (SSSR count). The fraction of sp³-hybridized carbons (Fsp3) is 0.448. The van der Waals surface area contributed by atoms with E-state index in [1.54, 1.807) is 0 Å². The van der Waals surface area contributed by atoms with Gasteiger partial charge in [-0.3, -0.25) is 19.6 Å². The first-order valence-corrected chi connectivity index (χ1v) is 14.3. The van der Waals surface area contributed by atoms with E-state index in [-0.39, 0.29) is 43.2 Å².